The van der Waals surface area contributed by atoms with Gasteiger partial charge in [-0.1, -0.05) is 0 Å². The Kier molecular flexibility index (Phi) is 8.43. The number of H-pyrrole nitrogens is 3. The normalized spacial score (nSPS) is 12.4. The molecule has 0 saturated heterocycles. The molecule has 290 valence electrons. The summed E-state index contributed by atoms with van der Waals surface area (Å²) >= 11 is 0. The molecule has 8 rings (SSSR count). The molecule has 0 spiro atoms. The van der Waals surface area contributed by atoms with Crippen LogP contribution in [-0.2, 0) is 6.42 Å². The molecule has 20 heteroatoms. The number of aromatic nitrogens is 4. The van der Waals surface area contributed by atoms with Crippen molar-refractivity contribution in [2.24, 2.45) is 0 Å². The number of ketones is 1. The van der Waals surface area contributed by atoms with Crippen molar-refractivity contribution in [3.63, 3.8) is 0 Å². The van der Waals surface area contributed by atoms with E-state index in [-0.39, 0.29) is 5.52 Å². The average Bonchev–Trinajstić information content (AvgIpc) is 4.03. The topological polar surface area (TPSA) is 77.3 Å². The minimum atomic E-state index is -2.62. The summed E-state index contributed by atoms with van der Waals surface area (Å²) in [6.45, 7) is 0. The number of halogens is 15. The number of carbonyl (C=O) groups excluding carboxylic acids is 1. The smallest absolute Gasteiger partial charge is 0.200 e. The van der Waals surface area contributed by atoms with E-state index in [1.807, 2.05) is 0 Å². The average molecular weight is 812 g/mol. The highest BCUT2D eigenvalue weighted by molar-refractivity contribution is 6.06. The van der Waals surface area contributed by atoms with E-state index in [9.17, 15) is 44.3 Å². The van der Waals surface area contributed by atoms with Crippen LogP contribution in [-0.4, -0.2) is 25.7 Å². The van der Waals surface area contributed by atoms with Crippen LogP contribution in [0.2, 0.25) is 0 Å². The van der Waals surface area contributed by atoms with Gasteiger partial charge in [-0.2, -0.15) is 0 Å². The van der Waals surface area contributed by atoms with Gasteiger partial charge in [-0.05, 0) is 36.4 Å². The Hall–Kier alpha value is -6.73. The van der Waals surface area contributed by atoms with Crippen LogP contribution in [0.3, 0.4) is 0 Å². The molecular formula is C37H11F15N4O. The molecule has 8 bridgehead atoms. The first-order valence-corrected chi connectivity index (χ1v) is 15.7. The van der Waals surface area contributed by atoms with Gasteiger partial charge in [-0.3, -0.25) is 4.79 Å². The second kappa shape index (κ2) is 12.9. The van der Waals surface area contributed by atoms with Gasteiger partial charge < -0.3 is 15.0 Å². The Bertz CT molecular complexity index is 3010. The van der Waals surface area contributed by atoms with Crippen molar-refractivity contribution in [3.05, 3.63) is 135 Å². The van der Waals surface area contributed by atoms with Crippen LogP contribution in [0.5, 0.6) is 0 Å². The predicted molar refractivity (Wildman–Crippen MR) is 170 cm³/mol. The first-order chi connectivity index (χ1) is 26.9. The molecule has 7 aromatic rings. The predicted octanol–water partition coefficient (Wildman–Crippen LogP) is 11.0. The maximum atomic E-state index is 15.6. The molecule has 0 fully saturated rings. The molecule has 3 aromatic carbocycles. The molecule has 0 atom stereocenters. The monoisotopic (exact) mass is 812 g/mol. The van der Waals surface area contributed by atoms with Gasteiger partial charge in [0.25, 0.3) is 0 Å². The van der Waals surface area contributed by atoms with Crippen molar-refractivity contribution >= 4 is 38.9 Å². The summed E-state index contributed by atoms with van der Waals surface area (Å²) in [6.07, 6.45) is -0.965. The third-order valence-electron chi connectivity index (χ3n) is 9.17. The molecular weight excluding hydrogens is 801 g/mol. The third-order valence-corrected chi connectivity index (χ3v) is 9.17. The summed E-state index contributed by atoms with van der Waals surface area (Å²) in [6, 6.07) is 5.16. The molecule has 0 radical (unpaired) electrons. The fourth-order valence-electron chi connectivity index (χ4n) is 6.62. The lowest BCUT2D eigenvalue weighted by Gasteiger charge is -2.11. The zero-order chi connectivity index (χ0) is 41.1. The summed E-state index contributed by atoms with van der Waals surface area (Å²) < 4.78 is 224. The molecule has 0 saturated carbocycles. The van der Waals surface area contributed by atoms with E-state index in [0.29, 0.717) is 0 Å². The van der Waals surface area contributed by atoms with Gasteiger partial charge in [0, 0.05) is 44.3 Å². The van der Waals surface area contributed by atoms with E-state index in [1.165, 1.54) is 0 Å². The zero-order valence-corrected chi connectivity index (χ0v) is 27.2. The molecule has 5 nitrogen and oxygen atoms in total. The Balaban J connectivity index is 1.66. The summed E-state index contributed by atoms with van der Waals surface area (Å²) in [5, 5.41) is 0. The Morgan fingerprint density at radius 1 is 0.333 bits per heavy atom. The van der Waals surface area contributed by atoms with Crippen molar-refractivity contribution in [1.82, 2.24) is 19.9 Å². The number of carbonyl (C=O) groups is 1. The van der Waals surface area contributed by atoms with Gasteiger partial charge in [0.2, 0.25) is 17.5 Å². The highest BCUT2D eigenvalue weighted by Crippen LogP contribution is 2.42. The van der Waals surface area contributed by atoms with Gasteiger partial charge in [0.05, 0.1) is 34.3 Å². The van der Waals surface area contributed by atoms with Crippen LogP contribution in [0.4, 0.5) is 65.9 Å². The number of hydrogen-bond acceptors (Lipinski definition) is 2. The van der Waals surface area contributed by atoms with Gasteiger partial charge >= 0.3 is 0 Å². The lowest BCUT2D eigenvalue weighted by molar-refractivity contribution is 0.0999. The SMILES string of the molecule is O=C1Cc2nc1c1ccc([nH]1)c(-c1c(F)c(F)c(F)c(F)c1F)c1ccc([nH]1)c(-c1c(F)c(F)c(F)c(F)c1F)c1ccc([nH]1)c2-c1c(F)c(F)c(F)c(F)c1F. The standard InChI is InChI=1S/C37H11F15N4O/c38-22-19(23(39)29(45)34(50)28(22)44)16-8-1-2-10(53-8)17(20-24(40)30(46)35(51)31(47)25(20)41)11-5-6-13(55-11)37-15(57)7-14(56-37)18(12-4-3-9(16)54-12)21-26(42)32(48)36(52)33(49)27(21)43/h1-6,53-55H,7H2. The van der Waals surface area contributed by atoms with Gasteiger partial charge in [0.15, 0.2) is 75.6 Å². The second-order valence-corrected chi connectivity index (χ2v) is 12.3. The molecule has 1 aliphatic heterocycles. The largest absolute Gasteiger partial charge is 0.354 e. The molecule has 5 heterocycles. The van der Waals surface area contributed by atoms with Crippen molar-refractivity contribution in [3.8, 4) is 33.4 Å². The Morgan fingerprint density at radius 3 is 0.912 bits per heavy atom. The minimum absolute atomic E-state index is 0.384. The summed E-state index contributed by atoms with van der Waals surface area (Å²) in [5.41, 5.74) is -13.1. The molecule has 0 aliphatic carbocycles. The first-order valence-electron chi connectivity index (χ1n) is 15.7. The Labute approximate surface area is 304 Å². The molecule has 0 unspecified atom stereocenters. The number of fused-ring (bicyclic) bond motifs is 9. The summed E-state index contributed by atoms with van der Waals surface area (Å²) in [4.78, 5) is 24.6. The molecule has 0 amide bonds. The van der Waals surface area contributed by atoms with E-state index >= 15 is 26.3 Å². The number of Topliss-reactive ketones (excluding diaryl/α,β-unsaturated/α-hetero) is 1. The van der Waals surface area contributed by atoms with E-state index < -0.39 is 172 Å². The highest BCUT2D eigenvalue weighted by Gasteiger charge is 2.34. The summed E-state index contributed by atoms with van der Waals surface area (Å²) in [5.74, 6) is -38.2. The van der Waals surface area contributed by atoms with Gasteiger partial charge in [-0.15, -0.1) is 0 Å². The Morgan fingerprint density at radius 2 is 0.579 bits per heavy atom. The fourth-order valence-corrected chi connectivity index (χ4v) is 6.62. The number of benzene rings is 3. The van der Waals surface area contributed by atoms with E-state index in [0.717, 1.165) is 36.4 Å². The number of nitrogens with zero attached hydrogens (tertiary/aromatic N) is 1. The maximum absolute atomic E-state index is 15.6. The van der Waals surface area contributed by atoms with Crippen LogP contribution in [0.25, 0.3) is 66.5 Å². The van der Waals surface area contributed by atoms with Crippen LogP contribution in [0, 0.1) is 87.3 Å². The van der Waals surface area contributed by atoms with Crippen LogP contribution >= 0.6 is 0 Å². The quantitative estimate of drug-likeness (QED) is 0.0944. The molecule has 57 heavy (non-hydrogen) atoms. The number of hydrogen-bond donors (Lipinski definition) is 3. The molecule has 4 aromatic heterocycles. The molecule has 1 aliphatic rings. The van der Waals surface area contributed by atoms with Crippen molar-refractivity contribution in [2.75, 3.05) is 0 Å². The van der Waals surface area contributed by atoms with E-state index in [1.54, 1.807) is 0 Å². The van der Waals surface area contributed by atoms with Crippen LogP contribution in [0.15, 0.2) is 36.4 Å². The van der Waals surface area contributed by atoms with Crippen molar-refractivity contribution < 1.29 is 70.7 Å². The highest BCUT2D eigenvalue weighted by atomic mass is 19.2. The number of aromatic amines is 3. The van der Waals surface area contributed by atoms with Crippen molar-refractivity contribution in [1.29, 1.82) is 0 Å². The minimum Gasteiger partial charge on any atom is -0.354 e. The third kappa shape index (κ3) is 5.29. The second-order valence-electron chi connectivity index (χ2n) is 12.3. The van der Waals surface area contributed by atoms with Gasteiger partial charge in [-0.25, -0.2) is 70.8 Å². The van der Waals surface area contributed by atoms with Crippen LogP contribution < -0.4 is 0 Å². The zero-order valence-electron chi connectivity index (χ0n) is 27.2. The molecule has 3 N–H and O–H groups in total. The number of rotatable bonds is 3. The lowest BCUT2D eigenvalue weighted by Crippen LogP contribution is -2.06. The van der Waals surface area contributed by atoms with Crippen molar-refractivity contribution in [2.45, 2.75) is 6.42 Å². The van der Waals surface area contributed by atoms with E-state index in [4.69, 9.17) is 0 Å². The first kappa shape index (κ1) is 37.2. The van der Waals surface area contributed by atoms with E-state index in [2.05, 4.69) is 19.9 Å². The fraction of sp³-hybridized carbons (Fsp3) is 0.0270. The van der Waals surface area contributed by atoms with Gasteiger partial charge in [0.1, 0.15) is 5.69 Å². The summed E-state index contributed by atoms with van der Waals surface area (Å²) in [7, 11) is 0. The number of nitrogens with one attached hydrogen (secondary N) is 3. The lowest BCUT2D eigenvalue weighted by atomic mass is 10.00. The maximum Gasteiger partial charge on any atom is 0.200 e. The van der Waals surface area contributed by atoms with Crippen LogP contribution in [0.1, 0.15) is 16.2 Å².